The Morgan fingerprint density at radius 1 is 1.75 bits per heavy atom. The first kappa shape index (κ1) is 8.73. The molecule has 5 nitrogen and oxygen atoms in total. The summed E-state index contributed by atoms with van der Waals surface area (Å²) < 4.78 is 1.50. The molecule has 0 saturated heterocycles. The van der Waals surface area contributed by atoms with Crippen molar-refractivity contribution in [1.29, 1.82) is 0 Å². The number of rotatable bonds is 4. The van der Waals surface area contributed by atoms with Gasteiger partial charge in [0.25, 0.3) is 0 Å². The van der Waals surface area contributed by atoms with E-state index in [0.717, 1.165) is 0 Å². The molecule has 0 spiro atoms. The molecule has 66 valence electrons. The van der Waals surface area contributed by atoms with Gasteiger partial charge in [0.05, 0.1) is 11.8 Å². The third kappa shape index (κ3) is 1.62. The van der Waals surface area contributed by atoms with Gasteiger partial charge in [0.1, 0.15) is 5.82 Å². The first-order valence-electron chi connectivity index (χ1n) is 3.67. The molecule has 0 aromatic carbocycles. The molecular formula is C7H11N3O2. The van der Waals surface area contributed by atoms with Gasteiger partial charge in [0.2, 0.25) is 0 Å². The van der Waals surface area contributed by atoms with Crippen molar-refractivity contribution in [3.8, 4) is 0 Å². The number of carbonyl (C=O) groups is 1. The van der Waals surface area contributed by atoms with E-state index in [-0.39, 0.29) is 6.61 Å². The van der Waals surface area contributed by atoms with Crippen LogP contribution in [-0.4, -0.2) is 27.8 Å². The summed E-state index contributed by atoms with van der Waals surface area (Å²) >= 11 is 0. The second-order valence-electron chi connectivity index (χ2n) is 2.40. The number of aromatic nitrogens is 2. The number of carbonyl (C=O) groups excluding carboxylic acids is 1. The fourth-order valence-electron chi connectivity index (χ4n) is 0.899. The second kappa shape index (κ2) is 3.87. The van der Waals surface area contributed by atoms with Crippen LogP contribution in [0.5, 0.6) is 0 Å². The quantitative estimate of drug-likeness (QED) is 0.604. The molecule has 1 aromatic rings. The molecule has 1 heterocycles. The highest BCUT2D eigenvalue weighted by atomic mass is 16.3. The first-order valence-corrected chi connectivity index (χ1v) is 3.67. The highest BCUT2D eigenvalue weighted by molar-refractivity contribution is 5.81. The minimum atomic E-state index is 0.0930. The minimum absolute atomic E-state index is 0.0930. The van der Waals surface area contributed by atoms with Gasteiger partial charge in [-0.05, 0) is 6.42 Å². The normalized spacial score (nSPS) is 10.1. The third-order valence-electron chi connectivity index (χ3n) is 1.57. The Balaban J connectivity index is 2.72. The molecule has 1 rings (SSSR count). The summed E-state index contributed by atoms with van der Waals surface area (Å²) in [6.45, 7) is 0.631. The van der Waals surface area contributed by atoms with Crippen LogP contribution < -0.4 is 5.73 Å². The molecule has 5 heteroatoms. The van der Waals surface area contributed by atoms with Crippen LogP contribution in [0, 0.1) is 0 Å². The predicted molar refractivity (Wildman–Crippen MR) is 43.7 cm³/mol. The molecule has 3 N–H and O–H groups in total. The van der Waals surface area contributed by atoms with Gasteiger partial charge in [-0.15, -0.1) is 0 Å². The van der Waals surface area contributed by atoms with E-state index < -0.39 is 0 Å². The molecule has 12 heavy (non-hydrogen) atoms. The molecule has 0 amide bonds. The number of hydrogen-bond acceptors (Lipinski definition) is 4. The number of aldehydes is 1. The predicted octanol–water partition coefficient (Wildman–Crippen LogP) is -0.340. The Morgan fingerprint density at radius 3 is 3.00 bits per heavy atom. The lowest BCUT2D eigenvalue weighted by Gasteiger charge is -2.01. The topological polar surface area (TPSA) is 81.1 Å². The van der Waals surface area contributed by atoms with Crippen LogP contribution in [0.25, 0.3) is 0 Å². The molecule has 0 radical (unpaired) electrons. The monoisotopic (exact) mass is 169 g/mol. The maximum atomic E-state index is 10.3. The Bertz CT molecular complexity index is 270. The van der Waals surface area contributed by atoms with Crippen LogP contribution in [0.4, 0.5) is 5.82 Å². The Morgan fingerprint density at radius 2 is 2.50 bits per heavy atom. The number of aryl methyl sites for hydroxylation is 1. The van der Waals surface area contributed by atoms with Gasteiger partial charge >= 0.3 is 0 Å². The summed E-state index contributed by atoms with van der Waals surface area (Å²) in [7, 11) is 0. The average molecular weight is 169 g/mol. The largest absolute Gasteiger partial charge is 0.396 e. The number of aliphatic hydroxyl groups is 1. The van der Waals surface area contributed by atoms with Gasteiger partial charge in [-0.1, -0.05) is 0 Å². The maximum Gasteiger partial charge on any atom is 0.155 e. The van der Waals surface area contributed by atoms with Crippen LogP contribution in [-0.2, 0) is 6.54 Å². The lowest BCUT2D eigenvalue weighted by atomic mass is 10.3. The SMILES string of the molecule is Nc1c(C=O)cnn1CCCO. The summed E-state index contributed by atoms with van der Waals surface area (Å²) in [6.07, 6.45) is 2.67. The van der Waals surface area contributed by atoms with E-state index in [4.69, 9.17) is 10.8 Å². The van der Waals surface area contributed by atoms with Gasteiger partial charge in [0, 0.05) is 13.2 Å². The van der Waals surface area contributed by atoms with Crippen LogP contribution in [0.15, 0.2) is 6.20 Å². The van der Waals surface area contributed by atoms with Crippen molar-refractivity contribution in [1.82, 2.24) is 9.78 Å². The smallest absolute Gasteiger partial charge is 0.155 e. The molecule has 0 fully saturated rings. The highest BCUT2D eigenvalue weighted by Gasteiger charge is 2.04. The van der Waals surface area contributed by atoms with Crippen molar-refractivity contribution >= 4 is 12.1 Å². The van der Waals surface area contributed by atoms with E-state index in [1.807, 2.05) is 0 Å². The van der Waals surface area contributed by atoms with Crippen molar-refractivity contribution in [3.05, 3.63) is 11.8 Å². The van der Waals surface area contributed by atoms with Gasteiger partial charge in [-0.25, -0.2) is 4.68 Å². The number of nitrogens with two attached hydrogens (primary N) is 1. The first-order chi connectivity index (χ1) is 5.79. The zero-order valence-corrected chi connectivity index (χ0v) is 6.60. The lowest BCUT2D eigenvalue weighted by Crippen LogP contribution is -2.06. The van der Waals surface area contributed by atoms with E-state index in [1.165, 1.54) is 10.9 Å². The Labute approximate surface area is 69.8 Å². The average Bonchev–Trinajstić information content (AvgIpc) is 2.43. The highest BCUT2D eigenvalue weighted by Crippen LogP contribution is 2.07. The third-order valence-corrected chi connectivity index (χ3v) is 1.57. The van der Waals surface area contributed by atoms with E-state index in [2.05, 4.69) is 5.10 Å². The van der Waals surface area contributed by atoms with E-state index in [0.29, 0.717) is 30.6 Å². The van der Waals surface area contributed by atoms with Crippen molar-refractivity contribution in [2.45, 2.75) is 13.0 Å². The van der Waals surface area contributed by atoms with E-state index in [1.54, 1.807) is 0 Å². The van der Waals surface area contributed by atoms with Crippen LogP contribution in [0.3, 0.4) is 0 Å². The van der Waals surface area contributed by atoms with E-state index in [9.17, 15) is 4.79 Å². The Kier molecular flexibility index (Phi) is 2.82. The maximum absolute atomic E-state index is 10.3. The molecule has 0 saturated carbocycles. The number of hydrogen-bond donors (Lipinski definition) is 2. The summed E-state index contributed by atoms with van der Waals surface area (Å²) in [5.41, 5.74) is 5.94. The van der Waals surface area contributed by atoms with Crippen LogP contribution in [0.1, 0.15) is 16.8 Å². The molecule has 0 aliphatic heterocycles. The summed E-state index contributed by atoms with van der Waals surface area (Å²) in [5, 5.41) is 12.4. The van der Waals surface area contributed by atoms with Gasteiger partial charge < -0.3 is 10.8 Å². The zero-order valence-electron chi connectivity index (χ0n) is 6.60. The molecule has 0 aliphatic rings. The van der Waals surface area contributed by atoms with E-state index >= 15 is 0 Å². The molecule has 0 atom stereocenters. The van der Waals surface area contributed by atoms with Crippen LogP contribution in [0.2, 0.25) is 0 Å². The number of nitrogens with zero attached hydrogens (tertiary/aromatic N) is 2. The number of nitrogen functional groups attached to an aromatic ring is 1. The van der Waals surface area contributed by atoms with Crippen molar-refractivity contribution in [2.75, 3.05) is 12.3 Å². The van der Waals surface area contributed by atoms with Crippen molar-refractivity contribution in [2.24, 2.45) is 0 Å². The molecule has 1 aromatic heterocycles. The van der Waals surface area contributed by atoms with Crippen molar-refractivity contribution < 1.29 is 9.90 Å². The van der Waals surface area contributed by atoms with Gasteiger partial charge in [-0.3, -0.25) is 4.79 Å². The fraction of sp³-hybridized carbons (Fsp3) is 0.429. The molecule has 0 aliphatic carbocycles. The van der Waals surface area contributed by atoms with Gasteiger partial charge in [-0.2, -0.15) is 5.10 Å². The van der Waals surface area contributed by atoms with Gasteiger partial charge in [0.15, 0.2) is 6.29 Å². The Hall–Kier alpha value is -1.36. The molecular weight excluding hydrogens is 158 g/mol. The molecule has 0 unspecified atom stereocenters. The lowest BCUT2D eigenvalue weighted by molar-refractivity contribution is 0.112. The van der Waals surface area contributed by atoms with Crippen LogP contribution >= 0.6 is 0 Å². The summed E-state index contributed by atoms with van der Waals surface area (Å²) in [4.78, 5) is 10.3. The fourth-order valence-corrected chi connectivity index (χ4v) is 0.899. The zero-order chi connectivity index (χ0) is 8.97. The summed E-state index contributed by atoms with van der Waals surface area (Å²) in [5.74, 6) is 0.360. The molecule has 0 bridgehead atoms. The summed E-state index contributed by atoms with van der Waals surface area (Å²) in [6, 6.07) is 0. The minimum Gasteiger partial charge on any atom is -0.396 e. The second-order valence-corrected chi connectivity index (χ2v) is 2.40. The number of aliphatic hydroxyl groups excluding tert-OH is 1. The van der Waals surface area contributed by atoms with Crippen molar-refractivity contribution in [3.63, 3.8) is 0 Å². The number of anilines is 1. The standard InChI is InChI=1S/C7H11N3O2/c8-7-6(5-12)4-9-10(7)2-1-3-11/h4-5,11H,1-3,8H2.